The number of carbonyl (C=O) groups is 5. The zero-order valence-corrected chi connectivity index (χ0v) is 40.1. The Kier molecular flexibility index (Phi) is 14.0. The van der Waals surface area contributed by atoms with Crippen LogP contribution in [0.15, 0.2) is 104 Å². The monoisotopic (exact) mass is 951 g/mol. The molecular formula is C51H54ClN11O6. The Morgan fingerprint density at radius 1 is 0.928 bits per heavy atom. The van der Waals surface area contributed by atoms with E-state index in [1.165, 1.54) is 4.90 Å². The largest absolute Gasteiger partial charge is 0.494 e. The maximum absolute atomic E-state index is 14.1. The first kappa shape index (κ1) is 47.7. The number of methoxy groups -OCH3 is 1. The number of hydrogen-bond donors (Lipinski definition) is 4. The summed E-state index contributed by atoms with van der Waals surface area (Å²) in [5, 5.41) is 13.4. The lowest BCUT2D eigenvalue weighted by molar-refractivity contribution is -0.151. The lowest BCUT2D eigenvalue weighted by Crippen LogP contribution is -2.55. The van der Waals surface area contributed by atoms with E-state index in [0.717, 1.165) is 38.1 Å². The Hall–Kier alpha value is -7.76. The fourth-order valence-electron chi connectivity index (χ4n) is 8.48. The number of piperidine rings is 1. The van der Waals surface area contributed by atoms with Gasteiger partial charge in [0.1, 0.15) is 11.8 Å². The molecule has 0 saturated carbocycles. The second kappa shape index (κ2) is 20.2. The Labute approximate surface area is 405 Å². The van der Waals surface area contributed by atoms with Crippen LogP contribution in [0.5, 0.6) is 5.75 Å². The number of aryl methyl sites for hydroxylation is 2. The van der Waals surface area contributed by atoms with Crippen LogP contribution in [0.25, 0.3) is 22.0 Å². The fourth-order valence-corrected chi connectivity index (χ4v) is 8.66. The van der Waals surface area contributed by atoms with Crippen molar-refractivity contribution in [2.24, 2.45) is 7.05 Å². The van der Waals surface area contributed by atoms with Crippen molar-refractivity contribution in [3.05, 3.63) is 131 Å². The average molecular weight is 953 g/mol. The molecular weight excluding hydrogens is 898 g/mol. The summed E-state index contributed by atoms with van der Waals surface area (Å²) in [7, 11) is 9.38. The van der Waals surface area contributed by atoms with Gasteiger partial charge in [0.25, 0.3) is 17.7 Å². The molecule has 0 radical (unpaired) electrons. The molecule has 1 atom stereocenters. The first-order valence-corrected chi connectivity index (χ1v) is 22.7. The molecule has 0 aliphatic carbocycles. The van der Waals surface area contributed by atoms with Crippen molar-refractivity contribution in [2.45, 2.75) is 38.9 Å². The van der Waals surface area contributed by atoms with Crippen molar-refractivity contribution in [1.82, 2.24) is 34.6 Å². The van der Waals surface area contributed by atoms with Crippen LogP contribution in [0.2, 0.25) is 5.02 Å². The standard InChI is InChI=1S/C51H54ClN11O6/c1-30-12-14-35(21-39(30)52)56-51(68)55-24-32-13-15-36-33(20-32)28-62(48(36)66)43-16-17-46(64)63(49(43)67)27-31(2)47(65)57-40-22-41(45(69-7)23-44(40)60(5)19-18-59(3)4)58-50-53-25-34(26-54-50)38-29-61(6)42-11-9-8-10-37(38)42/h8-15,20-23,25-26,29,43H,2,16-19,24,27-28H2,1,3-7H3,(H,57,65)(H,53,54,58)(H2,55,56,68). The molecule has 2 aliphatic rings. The number of amides is 6. The molecule has 0 spiro atoms. The van der Waals surface area contributed by atoms with Gasteiger partial charge in [0.2, 0.25) is 11.9 Å². The van der Waals surface area contributed by atoms with Crippen LogP contribution >= 0.6 is 11.6 Å². The van der Waals surface area contributed by atoms with E-state index in [9.17, 15) is 24.0 Å². The van der Waals surface area contributed by atoms with Crippen molar-refractivity contribution >= 4 is 80.9 Å². The third-order valence-corrected chi connectivity index (χ3v) is 12.8. The van der Waals surface area contributed by atoms with E-state index in [-0.39, 0.29) is 44.0 Å². The van der Waals surface area contributed by atoms with Crippen molar-refractivity contribution in [3.8, 4) is 16.9 Å². The lowest BCUT2D eigenvalue weighted by Gasteiger charge is -2.35. The molecule has 356 valence electrons. The number of rotatable bonds is 16. The fraction of sp³-hybridized carbons (Fsp3) is 0.275. The van der Waals surface area contributed by atoms with Gasteiger partial charge in [0.05, 0.1) is 30.7 Å². The molecule has 18 heteroatoms. The predicted molar refractivity (Wildman–Crippen MR) is 268 cm³/mol. The Morgan fingerprint density at radius 3 is 2.43 bits per heavy atom. The molecule has 8 rings (SSSR count). The molecule has 0 bridgehead atoms. The first-order chi connectivity index (χ1) is 33.1. The van der Waals surface area contributed by atoms with Crippen molar-refractivity contribution in [1.29, 1.82) is 0 Å². The Morgan fingerprint density at radius 2 is 1.70 bits per heavy atom. The van der Waals surface area contributed by atoms with Gasteiger partial charge in [-0.25, -0.2) is 14.8 Å². The molecule has 2 aliphatic heterocycles. The van der Waals surface area contributed by atoms with Crippen molar-refractivity contribution in [2.75, 3.05) is 68.7 Å². The number of ether oxygens (including phenoxy) is 1. The third kappa shape index (κ3) is 10.4. The summed E-state index contributed by atoms with van der Waals surface area (Å²) < 4.78 is 7.88. The third-order valence-electron chi connectivity index (χ3n) is 12.4. The second-order valence-electron chi connectivity index (χ2n) is 17.5. The van der Waals surface area contributed by atoms with E-state index in [1.807, 2.05) is 75.4 Å². The molecule has 69 heavy (non-hydrogen) atoms. The number of fused-ring (bicyclic) bond motifs is 2. The summed E-state index contributed by atoms with van der Waals surface area (Å²) in [5.41, 5.74) is 7.71. The molecule has 1 unspecified atom stereocenters. The Balaban J connectivity index is 0.944. The zero-order valence-electron chi connectivity index (χ0n) is 39.4. The van der Waals surface area contributed by atoms with Crippen LogP contribution in [-0.2, 0) is 34.5 Å². The number of carbonyl (C=O) groups excluding carboxylic acids is 5. The second-order valence-corrected chi connectivity index (χ2v) is 17.9. The molecule has 1 saturated heterocycles. The number of nitrogens with one attached hydrogen (secondary N) is 4. The smallest absolute Gasteiger partial charge is 0.319 e. The van der Waals surface area contributed by atoms with Crippen molar-refractivity contribution < 1.29 is 28.7 Å². The number of nitrogens with zero attached hydrogens (tertiary/aromatic N) is 7. The SMILES string of the molecule is C=C(CN1C(=O)CCC(N2Cc3cc(CNC(=O)Nc4ccc(C)c(Cl)c4)ccc3C2=O)C1=O)C(=O)Nc1cc(Nc2ncc(-c3cn(C)c4ccccc34)cn2)c(OC)cc1N(C)CCN(C)C. The highest BCUT2D eigenvalue weighted by molar-refractivity contribution is 6.31. The average Bonchev–Trinajstić information content (AvgIpc) is 3.85. The first-order valence-electron chi connectivity index (χ1n) is 22.4. The minimum absolute atomic E-state index is 0.0127. The van der Waals surface area contributed by atoms with Gasteiger partial charge < -0.3 is 45.3 Å². The highest BCUT2D eigenvalue weighted by atomic mass is 35.5. The van der Waals surface area contributed by atoms with Crippen LogP contribution in [0, 0.1) is 6.92 Å². The normalized spacial score (nSPS) is 14.6. The van der Waals surface area contributed by atoms with Gasteiger partial charge >= 0.3 is 6.03 Å². The number of likely N-dealkylation sites (tertiary alicyclic amines) is 1. The van der Waals surface area contributed by atoms with Gasteiger partial charge in [0, 0.05) is 115 Å². The van der Waals surface area contributed by atoms with E-state index in [0.29, 0.717) is 63.7 Å². The van der Waals surface area contributed by atoms with Gasteiger partial charge in [-0.3, -0.25) is 24.1 Å². The summed E-state index contributed by atoms with van der Waals surface area (Å²) in [4.78, 5) is 83.6. The number of benzene rings is 4. The number of anilines is 5. The maximum Gasteiger partial charge on any atom is 0.319 e. The van der Waals surface area contributed by atoms with Gasteiger partial charge in [-0.2, -0.15) is 0 Å². The number of likely N-dealkylation sites (N-methyl/N-ethyl adjacent to an activating group) is 2. The van der Waals surface area contributed by atoms with Gasteiger partial charge in [0.15, 0.2) is 0 Å². The quantitative estimate of drug-likeness (QED) is 0.0562. The van der Waals surface area contributed by atoms with Crippen LogP contribution in [0.4, 0.5) is 33.5 Å². The number of aromatic nitrogens is 3. The van der Waals surface area contributed by atoms with Crippen molar-refractivity contribution in [3.63, 3.8) is 0 Å². The lowest BCUT2D eigenvalue weighted by atomic mass is 10.0. The van der Waals surface area contributed by atoms with E-state index >= 15 is 0 Å². The zero-order chi connectivity index (χ0) is 49.1. The topological polar surface area (TPSA) is 186 Å². The van der Waals surface area contributed by atoms with Crippen LogP contribution < -0.4 is 30.9 Å². The van der Waals surface area contributed by atoms with E-state index in [4.69, 9.17) is 16.3 Å². The van der Waals surface area contributed by atoms with E-state index in [1.54, 1.807) is 55.9 Å². The van der Waals surface area contributed by atoms with Gasteiger partial charge in [-0.05, 0) is 74.5 Å². The van der Waals surface area contributed by atoms with Crippen LogP contribution in [-0.4, -0.2) is 113 Å². The molecule has 4 heterocycles. The van der Waals surface area contributed by atoms with Gasteiger partial charge in [-0.15, -0.1) is 0 Å². The highest BCUT2D eigenvalue weighted by Crippen LogP contribution is 2.39. The maximum atomic E-state index is 14.1. The molecule has 2 aromatic heterocycles. The molecule has 4 N–H and O–H groups in total. The number of halogens is 1. The molecule has 6 aromatic rings. The van der Waals surface area contributed by atoms with Crippen LogP contribution in [0.3, 0.4) is 0 Å². The summed E-state index contributed by atoms with van der Waals surface area (Å²) in [6.45, 7) is 7.12. The van der Waals surface area contributed by atoms with Crippen LogP contribution in [0.1, 0.15) is 39.9 Å². The minimum Gasteiger partial charge on any atom is -0.494 e. The summed E-state index contributed by atoms with van der Waals surface area (Å²) in [6.07, 6.45) is 5.65. The Bertz CT molecular complexity index is 3010. The molecule has 1 fully saturated rings. The van der Waals surface area contributed by atoms with E-state index < -0.39 is 29.8 Å². The minimum atomic E-state index is -0.942. The van der Waals surface area contributed by atoms with E-state index in [2.05, 4.69) is 54.5 Å². The summed E-state index contributed by atoms with van der Waals surface area (Å²) in [5.74, 6) is -1.26. The summed E-state index contributed by atoms with van der Waals surface area (Å²) >= 11 is 6.20. The summed E-state index contributed by atoms with van der Waals surface area (Å²) in [6, 6.07) is 20.7. The number of para-hydroxylation sites is 1. The van der Waals surface area contributed by atoms with Gasteiger partial charge in [-0.1, -0.05) is 54.6 Å². The highest BCUT2D eigenvalue weighted by Gasteiger charge is 2.43. The predicted octanol–water partition coefficient (Wildman–Crippen LogP) is 7.34. The molecule has 4 aromatic carbocycles. The molecule has 17 nitrogen and oxygen atoms in total. The number of urea groups is 1. The number of hydrogen-bond acceptors (Lipinski definition) is 11. The number of imide groups is 1. The molecule has 6 amide bonds.